The number of carbonyl (C=O) groups excluding carboxylic acids is 1. The van der Waals surface area contributed by atoms with Gasteiger partial charge in [0, 0.05) is 81.1 Å². The summed E-state index contributed by atoms with van der Waals surface area (Å²) >= 11 is 12.5. The summed E-state index contributed by atoms with van der Waals surface area (Å²) in [6, 6.07) is 16.6. The van der Waals surface area contributed by atoms with Crippen molar-refractivity contribution in [1.82, 2.24) is 25.3 Å². The van der Waals surface area contributed by atoms with Crippen molar-refractivity contribution < 1.29 is 9.90 Å². The number of nitrogens with one attached hydrogen (secondary N) is 2. The Morgan fingerprint density at radius 3 is 2.06 bits per heavy atom. The number of halogens is 2. The van der Waals surface area contributed by atoms with Crippen molar-refractivity contribution in [3.05, 3.63) is 93.5 Å². The summed E-state index contributed by atoms with van der Waals surface area (Å²) in [5.74, 6) is 3.27. The molecule has 2 aromatic rings. The number of allylic oxidation sites excluding steroid dienone is 3. The van der Waals surface area contributed by atoms with Crippen LogP contribution in [0.25, 0.3) is 0 Å². The molecule has 0 saturated carbocycles. The predicted molar refractivity (Wildman–Crippen MR) is 219 cm³/mol. The van der Waals surface area contributed by atoms with E-state index in [1.165, 1.54) is 30.4 Å². The van der Waals surface area contributed by atoms with Gasteiger partial charge in [0.1, 0.15) is 5.84 Å². The van der Waals surface area contributed by atoms with Gasteiger partial charge in [-0.05, 0) is 69.6 Å². The van der Waals surface area contributed by atoms with Gasteiger partial charge in [0.25, 0.3) is 0 Å². The van der Waals surface area contributed by atoms with Crippen LogP contribution < -0.4 is 10.6 Å². The molecule has 3 rings (SSSR count). The summed E-state index contributed by atoms with van der Waals surface area (Å²) in [5.41, 5.74) is 3.63. The molecule has 51 heavy (non-hydrogen) atoms. The maximum absolute atomic E-state index is 11.0. The summed E-state index contributed by atoms with van der Waals surface area (Å²) < 4.78 is 0. The van der Waals surface area contributed by atoms with Crippen molar-refractivity contribution in [1.29, 1.82) is 0 Å². The highest BCUT2D eigenvalue weighted by molar-refractivity contribution is 6.30. The van der Waals surface area contributed by atoms with Gasteiger partial charge in [0.05, 0.1) is 12.6 Å². The van der Waals surface area contributed by atoms with Crippen LogP contribution in [0.4, 0.5) is 0 Å². The van der Waals surface area contributed by atoms with Crippen LogP contribution in [0.15, 0.2) is 77.3 Å². The number of rotatable bonds is 19. The van der Waals surface area contributed by atoms with Gasteiger partial charge in [-0.2, -0.15) is 0 Å². The smallest absolute Gasteiger partial charge is 0.207 e. The van der Waals surface area contributed by atoms with Crippen LogP contribution in [-0.2, 0) is 4.79 Å². The molecule has 0 unspecified atom stereocenters. The van der Waals surface area contributed by atoms with Crippen molar-refractivity contribution in [2.75, 3.05) is 79.1 Å². The molecule has 0 radical (unpaired) electrons. The first-order chi connectivity index (χ1) is 24.8. The Morgan fingerprint density at radius 2 is 1.57 bits per heavy atom. The maximum Gasteiger partial charge on any atom is 0.207 e. The number of amidine groups is 1. The van der Waals surface area contributed by atoms with Gasteiger partial charge < -0.3 is 20.6 Å². The number of hydrogen-bond acceptors (Lipinski definition) is 6. The number of amides is 1. The molecule has 10 heteroatoms. The topological polar surface area (TPSA) is 83.4 Å². The van der Waals surface area contributed by atoms with Crippen LogP contribution in [0.2, 0.25) is 10.0 Å². The quantitative estimate of drug-likeness (QED) is 0.0357. The van der Waals surface area contributed by atoms with Gasteiger partial charge in [-0.15, -0.1) is 12.3 Å². The molecular weight excluding hydrogens is 679 g/mol. The second-order valence-electron chi connectivity index (χ2n) is 12.1. The molecule has 0 aliphatic carbocycles. The zero-order chi connectivity index (χ0) is 37.7. The monoisotopic (exact) mass is 740 g/mol. The molecule has 2 aromatic carbocycles. The molecule has 3 N–H and O–H groups in total. The molecule has 0 bridgehead atoms. The minimum Gasteiger partial charge on any atom is -0.397 e. The van der Waals surface area contributed by atoms with Gasteiger partial charge in [-0.25, -0.2) is 0 Å². The largest absolute Gasteiger partial charge is 0.397 e. The van der Waals surface area contributed by atoms with Gasteiger partial charge in [-0.3, -0.25) is 19.6 Å². The number of nitrogens with zero attached hydrogens (tertiary/aromatic N) is 4. The third kappa shape index (κ3) is 18.8. The zero-order valence-electron chi connectivity index (χ0n) is 31.6. The molecule has 8 nitrogen and oxygen atoms in total. The Kier molecular flexibility index (Phi) is 26.5. The Labute approximate surface area is 319 Å². The Hall–Kier alpha value is -3.16. The molecular formula is C41H62Cl2N6O2. The molecule has 0 aromatic heterocycles. The lowest BCUT2D eigenvalue weighted by Crippen LogP contribution is -2.48. The second-order valence-corrected chi connectivity index (χ2v) is 12.9. The van der Waals surface area contributed by atoms with Crippen molar-refractivity contribution in [3.8, 4) is 12.3 Å². The molecule has 1 aliphatic heterocycles. The van der Waals surface area contributed by atoms with E-state index in [1.54, 1.807) is 13.8 Å². The van der Waals surface area contributed by atoms with E-state index in [-0.39, 0.29) is 12.6 Å². The molecule has 1 amide bonds. The first-order valence-corrected chi connectivity index (χ1v) is 19.0. The fraction of sp³-hybridized carbons (Fsp3) is 0.512. The van der Waals surface area contributed by atoms with E-state index in [9.17, 15) is 4.79 Å². The number of aliphatic imine (C=N–C) groups is 1. The van der Waals surface area contributed by atoms with Crippen LogP contribution in [-0.4, -0.2) is 111 Å². The van der Waals surface area contributed by atoms with Crippen LogP contribution in [0.1, 0.15) is 70.5 Å². The highest BCUT2D eigenvalue weighted by atomic mass is 35.5. The Morgan fingerprint density at radius 1 is 1.00 bits per heavy atom. The van der Waals surface area contributed by atoms with Gasteiger partial charge in [0.15, 0.2) is 0 Å². The zero-order valence-corrected chi connectivity index (χ0v) is 33.1. The number of carbonyl (C=O) groups is 1. The second kappa shape index (κ2) is 29.4. The van der Waals surface area contributed by atoms with E-state index in [2.05, 4.69) is 81.0 Å². The average Bonchev–Trinajstić information content (AvgIpc) is 3.13. The number of unbranched alkanes of at least 4 members (excludes halogenated alkanes) is 3. The van der Waals surface area contributed by atoms with E-state index in [4.69, 9.17) is 33.3 Å². The number of likely N-dealkylation sites (N-methyl/N-ethyl adjacent to an activating group) is 1. The predicted octanol–water partition coefficient (Wildman–Crippen LogP) is 7.09. The summed E-state index contributed by atoms with van der Waals surface area (Å²) in [4.78, 5) is 23.7. The third-order valence-electron chi connectivity index (χ3n) is 8.16. The number of aliphatic hydroxyl groups excluding tert-OH is 1. The van der Waals surface area contributed by atoms with Crippen LogP contribution in [0.5, 0.6) is 0 Å². The van der Waals surface area contributed by atoms with E-state index in [0.29, 0.717) is 6.54 Å². The first kappa shape index (κ1) is 45.9. The Balaban J connectivity index is 0.00000202. The molecule has 1 saturated heterocycles. The summed E-state index contributed by atoms with van der Waals surface area (Å²) in [7, 11) is 1.97. The van der Waals surface area contributed by atoms with Crippen LogP contribution >= 0.6 is 23.2 Å². The average molecular weight is 742 g/mol. The Bertz CT molecular complexity index is 1270. The number of aliphatic hydroxyl groups is 1. The molecule has 1 fully saturated rings. The third-order valence-corrected chi connectivity index (χ3v) is 8.66. The summed E-state index contributed by atoms with van der Waals surface area (Å²) in [6.07, 6.45) is 16.4. The number of hydrogen-bond donors (Lipinski definition) is 3. The van der Waals surface area contributed by atoms with E-state index in [0.717, 1.165) is 93.2 Å². The lowest BCUT2D eigenvalue weighted by atomic mass is 9.96. The van der Waals surface area contributed by atoms with E-state index >= 15 is 0 Å². The molecule has 1 aliphatic rings. The van der Waals surface area contributed by atoms with Gasteiger partial charge >= 0.3 is 0 Å². The maximum atomic E-state index is 11.0. The highest BCUT2D eigenvalue weighted by Crippen LogP contribution is 2.31. The standard InChI is InChI=1S/C36H52Cl2N6O.C3H4.C2H6O/c1-4-6-8-9-21-44(23-19-40-29-45)36(32(28-39-3)10-7-5-2)41-20-22-42-24-26-43(27-25-42)35(30-11-15-33(37)16-12-30)31-13-17-34(38)18-14-31;1-3-2;1-2-3/h5,7,10-18,29,35,39H,4,6,8-9,19-28H2,1-3H3,(H,40,45);1H,2H3;3H,2H2,1H3/b7-5-,32-10+,41-36?;;. The van der Waals surface area contributed by atoms with Crippen molar-refractivity contribution >= 4 is 35.4 Å². The lowest BCUT2D eigenvalue weighted by molar-refractivity contribution is -0.109. The SMILES string of the molecule is C#CC.C/C=C\C=C(/CNC)C(=NCCN1CCN(C(c2ccc(Cl)cc2)c2ccc(Cl)cc2)CC1)N(CCCCCC)CCNC=O.CCO. The van der Waals surface area contributed by atoms with Crippen LogP contribution in [0.3, 0.4) is 0 Å². The number of piperazine rings is 1. The number of terminal acetylenes is 1. The molecule has 1 heterocycles. The molecule has 0 spiro atoms. The van der Waals surface area contributed by atoms with Crippen molar-refractivity contribution in [2.24, 2.45) is 4.99 Å². The fourth-order valence-corrected chi connectivity index (χ4v) is 6.03. The van der Waals surface area contributed by atoms with Crippen LogP contribution in [0, 0.1) is 12.3 Å². The van der Waals surface area contributed by atoms with Gasteiger partial charge in [-0.1, -0.05) is 91.9 Å². The first-order valence-electron chi connectivity index (χ1n) is 18.2. The van der Waals surface area contributed by atoms with Crippen molar-refractivity contribution in [3.63, 3.8) is 0 Å². The normalized spacial score (nSPS) is 14.0. The summed E-state index contributed by atoms with van der Waals surface area (Å²) in [5, 5.41) is 15.2. The summed E-state index contributed by atoms with van der Waals surface area (Å²) in [6.45, 7) is 16.3. The lowest BCUT2D eigenvalue weighted by Gasteiger charge is -2.39. The minimum absolute atomic E-state index is 0.147. The van der Waals surface area contributed by atoms with Crippen molar-refractivity contribution in [2.45, 2.75) is 59.4 Å². The fourth-order valence-electron chi connectivity index (χ4n) is 5.78. The molecule has 282 valence electrons. The van der Waals surface area contributed by atoms with Gasteiger partial charge in [0.2, 0.25) is 6.41 Å². The number of benzene rings is 2. The minimum atomic E-state index is 0.147. The highest BCUT2D eigenvalue weighted by Gasteiger charge is 2.26. The molecule has 0 atom stereocenters. The van der Waals surface area contributed by atoms with E-state index in [1.807, 2.05) is 44.3 Å². The van der Waals surface area contributed by atoms with E-state index < -0.39 is 0 Å².